The Kier molecular flexibility index (Phi) is 2.10. The Balaban J connectivity index is 2.68. The number of ether oxygens (including phenoxy) is 1. The average molecular weight is 225 g/mol. The highest BCUT2D eigenvalue weighted by molar-refractivity contribution is 6.30. The minimum absolute atomic E-state index is 0.324. The van der Waals surface area contributed by atoms with Crippen molar-refractivity contribution in [3.05, 3.63) is 46.5 Å². The summed E-state index contributed by atoms with van der Waals surface area (Å²) in [6.45, 7) is 5.19. The second-order valence-corrected chi connectivity index (χ2v) is 3.94. The van der Waals surface area contributed by atoms with Gasteiger partial charge in [0.05, 0.1) is 5.56 Å². The SMILES string of the molecule is C=C(C)C1(O)OC(=O)c2ccc(Cl)cc21. The average Bonchev–Trinajstić information content (AvgIpc) is 2.40. The molecular weight excluding hydrogens is 216 g/mol. The lowest BCUT2D eigenvalue weighted by Crippen LogP contribution is -2.26. The monoisotopic (exact) mass is 224 g/mol. The number of carbonyl (C=O) groups is 1. The first kappa shape index (κ1) is 10.2. The van der Waals surface area contributed by atoms with Crippen molar-refractivity contribution in [3.8, 4) is 0 Å². The number of hydrogen-bond donors (Lipinski definition) is 1. The number of halogens is 1. The molecule has 0 saturated heterocycles. The molecule has 0 aromatic heterocycles. The van der Waals surface area contributed by atoms with Crippen LogP contribution in [-0.2, 0) is 10.5 Å². The molecule has 1 heterocycles. The van der Waals surface area contributed by atoms with E-state index in [-0.39, 0.29) is 0 Å². The van der Waals surface area contributed by atoms with Crippen molar-refractivity contribution in [2.75, 3.05) is 0 Å². The Hall–Kier alpha value is -1.32. The normalized spacial score (nSPS) is 23.5. The zero-order chi connectivity index (χ0) is 11.2. The maximum Gasteiger partial charge on any atom is 0.341 e. The summed E-state index contributed by atoms with van der Waals surface area (Å²) in [5.74, 6) is -2.30. The summed E-state index contributed by atoms with van der Waals surface area (Å²) in [6.07, 6.45) is 0. The van der Waals surface area contributed by atoms with Crippen LogP contribution in [0.15, 0.2) is 30.4 Å². The van der Waals surface area contributed by atoms with Crippen molar-refractivity contribution in [1.29, 1.82) is 0 Å². The van der Waals surface area contributed by atoms with Crippen LogP contribution in [-0.4, -0.2) is 11.1 Å². The van der Waals surface area contributed by atoms with Gasteiger partial charge in [-0.15, -0.1) is 0 Å². The third-order valence-electron chi connectivity index (χ3n) is 2.39. The molecule has 1 atom stereocenters. The van der Waals surface area contributed by atoms with E-state index in [1.54, 1.807) is 13.0 Å². The van der Waals surface area contributed by atoms with Crippen molar-refractivity contribution < 1.29 is 14.6 Å². The van der Waals surface area contributed by atoms with Crippen LogP contribution in [0.2, 0.25) is 5.02 Å². The second kappa shape index (κ2) is 3.08. The van der Waals surface area contributed by atoms with Gasteiger partial charge in [0, 0.05) is 10.6 Å². The van der Waals surface area contributed by atoms with Gasteiger partial charge in [-0.25, -0.2) is 4.79 Å². The first-order valence-electron chi connectivity index (χ1n) is 4.37. The molecule has 4 heteroatoms. The van der Waals surface area contributed by atoms with Crippen LogP contribution in [0.4, 0.5) is 0 Å². The summed E-state index contributed by atoms with van der Waals surface area (Å²) in [5.41, 5.74) is 1.02. The van der Waals surface area contributed by atoms with Crippen LogP contribution in [0, 0.1) is 0 Å². The molecule has 0 radical (unpaired) electrons. The molecule has 1 aliphatic heterocycles. The van der Waals surface area contributed by atoms with Gasteiger partial charge in [-0.3, -0.25) is 0 Å². The van der Waals surface area contributed by atoms with Gasteiger partial charge >= 0.3 is 5.97 Å². The van der Waals surface area contributed by atoms with E-state index in [1.165, 1.54) is 12.1 Å². The van der Waals surface area contributed by atoms with Crippen molar-refractivity contribution in [3.63, 3.8) is 0 Å². The molecule has 0 spiro atoms. The first-order valence-corrected chi connectivity index (χ1v) is 4.74. The van der Waals surface area contributed by atoms with Crippen LogP contribution in [0.1, 0.15) is 22.8 Å². The summed E-state index contributed by atoms with van der Waals surface area (Å²) in [4.78, 5) is 11.4. The predicted molar refractivity (Wildman–Crippen MR) is 55.6 cm³/mol. The highest BCUT2D eigenvalue weighted by Gasteiger charge is 2.44. The summed E-state index contributed by atoms with van der Waals surface area (Å²) in [5, 5.41) is 10.6. The van der Waals surface area contributed by atoms with Gasteiger partial charge in [-0.05, 0) is 30.7 Å². The largest absolute Gasteiger partial charge is 0.421 e. The minimum atomic E-state index is -1.74. The fourth-order valence-corrected chi connectivity index (χ4v) is 1.71. The van der Waals surface area contributed by atoms with E-state index in [1.807, 2.05) is 0 Å². The van der Waals surface area contributed by atoms with E-state index in [0.717, 1.165) is 0 Å². The summed E-state index contributed by atoms with van der Waals surface area (Å²) < 4.78 is 4.89. The Morgan fingerprint density at radius 3 is 2.87 bits per heavy atom. The molecule has 1 aromatic rings. The maximum absolute atomic E-state index is 11.4. The molecule has 78 valence electrons. The number of benzene rings is 1. The van der Waals surface area contributed by atoms with E-state index in [4.69, 9.17) is 16.3 Å². The van der Waals surface area contributed by atoms with Crippen LogP contribution >= 0.6 is 11.6 Å². The molecule has 0 saturated carbocycles. The first-order chi connectivity index (χ1) is 6.95. The fourth-order valence-electron chi connectivity index (χ4n) is 1.54. The van der Waals surface area contributed by atoms with E-state index >= 15 is 0 Å². The summed E-state index contributed by atoms with van der Waals surface area (Å²) in [7, 11) is 0. The molecule has 0 amide bonds. The van der Waals surface area contributed by atoms with Crippen molar-refractivity contribution in [2.24, 2.45) is 0 Å². The summed E-state index contributed by atoms with van der Waals surface area (Å²) >= 11 is 5.80. The standard InChI is InChI=1S/C11H9ClO3/c1-6(2)11(14)9-5-7(12)3-4-8(9)10(13)15-11/h3-5,14H,1H2,2H3. The van der Waals surface area contributed by atoms with Crippen LogP contribution in [0.5, 0.6) is 0 Å². The fraction of sp³-hybridized carbons (Fsp3) is 0.182. The topological polar surface area (TPSA) is 46.5 Å². The molecule has 3 nitrogen and oxygen atoms in total. The number of esters is 1. The van der Waals surface area contributed by atoms with Gasteiger partial charge in [0.25, 0.3) is 5.79 Å². The van der Waals surface area contributed by atoms with Gasteiger partial charge < -0.3 is 9.84 Å². The van der Waals surface area contributed by atoms with Gasteiger partial charge in [0.15, 0.2) is 0 Å². The molecule has 1 aliphatic rings. The highest BCUT2D eigenvalue weighted by atomic mass is 35.5. The van der Waals surface area contributed by atoms with Crippen LogP contribution < -0.4 is 0 Å². The highest BCUT2D eigenvalue weighted by Crippen LogP contribution is 2.39. The molecule has 0 bridgehead atoms. The van der Waals surface area contributed by atoms with Gasteiger partial charge in [-0.2, -0.15) is 0 Å². The van der Waals surface area contributed by atoms with Crippen molar-refractivity contribution in [2.45, 2.75) is 12.7 Å². The number of carbonyl (C=O) groups excluding carboxylic acids is 1. The minimum Gasteiger partial charge on any atom is -0.421 e. The van der Waals surface area contributed by atoms with E-state index in [0.29, 0.717) is 21.7 Å². The number of rotatable bonds is 1. The number of fused-ring (bicyclic) bond motifs is 1. The lowest BCUT2D eigenvalue weighted by molar-refractivity contribution is -0.131. The van der Waals surface area contributed by atoms with Crippen LogP contribution in [0.3, 0.4) is 0 Å². The van der Waals surface area contributed by atoms with Gasteiger partial charge in [0.1, 0.15) is 0 Å². The molecule has 0 aliphatic carbocycles. The molecule has 1 aromatic carbocycles. The summed E-state index contributed by atoms with van der Waals surface area (Å²) in [6, 6.07) is 4.61. The van der Waals surface area contributed by atoms with Crippen molar-refractivity contribution in [1.82, 2.24) is 0 Å². The Morgan fingerprint density at radius 1 is 1.60 bits per heavy atom. The lowest BCUT2D eigenvalue weighted by Gasteiger charge is -2.22. The predicted octanol–water partition coefficient (Wildman–Crippen LogP) is 2.23. The third kappa shape index (κ3) is 1.35. The maximum atomic E-state index is 11.4. The number of aliphatic hydroxyl groups is 1. The zero-order valence-electron chi connectivity index (χ0n) is 8.08. The van der Waals surface area contributed by atoms with E-state index in [9.17, 15) is 9.90 Å². The molecule has 15 heavy (non-hydrogen) atoms. The Bertz CT molecular complexity index is 467. The molecular formula is C11H9ClO3. The Morgan fingerprint density at radius 2 is 2.27 bits per heavy atom. The van der Waals surface area contributed by atoms with Crippen molar-refractivity contribution >= 4 is 17.6 Å². The van der Waals surface area contributed by atoms with Gasteiger partial charge in [0.2, 0.25) is 0 Å². The van der Waals surface area contributed by atoms with Crippen LogP contribution in [0.25, 0.3) is 0 Å². The van der Waals surface area contributed by atoms with Gasteiger partial charge in [-0.1, -0.05) is 18.2 Å². The molecule has 1 unspecified atom stereocenters. The molecule has 0 fully saturated rings. The lowest BCUT2D eigenvalue weighted by atomic mass is 9.98. The molecule has 2 rings (SSSR count). The quantitative estimate of drug-likeness (QED) is 0.588. The number of cyclic esters (lactones) is 1. The Labute approximate surface area is 91.9 Å². The zero-order valence-corrected chi connectivity index (χ0v) is 8.84. The van der Waals surface area contributed by atoms with E-state index < -0.39 is 11.8 Å². The number of hydrogen-bond acceptors (Lipinski definition) is 3. The smallest absolute Gasteiger partial charge is 0.341 e. The second-order valence-electron chi connectivity index (χ2n) is 3.50. The van der Waals surface area contributed by atoms with E-state index in [2.05, 4.69) is 6.58 Å². The molecule has 1 N–H and O–H groups in total. The third-order valence-corrected chi connectivity index (χ3v) is 2.62.